The van der Waals surface area contributed by atoms with E-state index in [1.807, 2.05) is 0 Å². The SMILES string of the molecule is [N-]=[N+]=NCCC(=O)c1ccc(C(=O)O)c(N)c1. The Balaban J connectivity index is 2.86. The maximum atomic E-state index is 11.6. The van der Waals surface area contributed by atoms with Crippen molar-refractivity contribution >= 4 is 17.4 Å². The summed E-state index contributed by atoms with van der Waals surface area (Å²) in [6.07, 6.45) is 0.0654. The van der Waals surface area contributed by atoms with Gasteiger partial charge >= 0.3 is 5.97 Å². The average Bonchev–Trinajstić information content (AvgIpc) is 2.28. The van der Waals surface area contributed by atoms with Crippen LogP contribution in [-0.4, -0.2) is 23.4 Å². The van der Waals surface area contributed by atoms with Gasteiger partial charge in [0.1, 0.15) is 0 Å². The predicted octanol–water partition coefficient (Wildman–Crippen LogP) is 1.85. The summed E-state index contributed by atoms with van der Waals surface area (Å²) in [5.74, 6) is -1.39. The molecule has 0 saturated carbocycles. The van der Waals surface area contributed by atoms with Crippen LogP contribution in [0.15, 0.2) is 23.3 Å². The Morgan fingerprint density at radius 3 is 2.71 bits per heavy atom. The van der Waals surface area contributed by atoms with Crippen LogP contribution in [0.1, 0.15) is 27.1 Å². The van der Waals surface area contributed by atoms with Gasteiger partial charge in [-0.2, -0.15) is 0 Å². The molecule has 0 fully saturated rings. The van der Waals surface area contributed by atoms with Crippen LogP contribution < -0.4 is 5.73 Å². The third kappa shape index (κ3) is 3.22. The minimum absolute atomic E-state index is 0.0344. The molecule has 0 bridgehead atoms. The van der Waals surface area contributed by atoms with E-state index in [1.165, 1.54) is 18.2 Å². The monoisotopic (exact) mass is 234 g/mol. The highest BCUT2D eigenvalue weighted by Crippen LogP contribution is 2.15. The molecular formula is C10H10N4O3. The van der Waals surface area contributed by atoms with Gasteiger partial charge in [0, 0.05) is 29.1 Å². The van der Waals surface area contributed by atoms with Crippen LogP contribution in [0, 0.1) is 0 Å². The first kappa shape index (κ1) is 12.5. The first-order valence-corrected chi connectivity index (χ1v) is 4.73. The normalized spacial score (nSPS) is 9.41. The molecule has 0 aliphatic rings. The zero-order chi connectivity index (χ0) is 12.8. The number of nitrogens with zero attached hydrogens (tertiary/aromatic N) is 3. The second-order valence-electron chi connectivity index (χ2n) is 3.23. The summed E-state index contributed by atoms with van der Waals surface area (Å²) in [6, 6.07) is 3.97. The summed E-state index contributed by atoms with van der Waals surface area (Å²) >= 11 is 0. The molecule has 0 spiro atoms. The number of carbonyl (C=O) groups excluding carboxylic acids is 1. The number of carbonyl (C=O) groups is 2. The van der Waals surface area contributed by atoms with Crippen molar-refractivity contribution in [1.82, 2.24) is 0 Å². The molecule has 17 heavy (non-hydrogen) atoms. The van der Waals surface area contributed by atoms with Gasteiger partial charge in [-0.05, 0) is 17.7 Å². The molecule has 0 radical (unpaired) electrons. The molecule has 0 aliphatic carbocycles. The van der Waals surface area contributed by atoms with E-state index in [9.17, 15) is 9.59 Å². The maximum absolute atomic E-state index is 11.6. The number of hydrogen-bond acceptors (Lipinski definition) is 4. The van der Waals surface area contributed by atoms with E-state index in [-0.39, 0.29) is 30.0 Å². The lowest BCUT2D eigenvalue weighted by atomic mass is 10.0. The molecule has 1 aromatic rings. The van der Waals surface area contributed by atoms with Gasteiger partial charge in [0.15, 0.2) is 5.78 Å². The highest BCUT2D eigenvalue weighted by Gasteiger charge is 2.11. The molecule has 7 heteroatoms. The molecule has 3 N–H and O–H groups in total. The Morgan fingerprint density at radius 2 is 2.18 bits per heavy atom. The molecular weight excluding hydrogens is 224 g/mol. The largest absolute Gasteiger partial charge is 0.478 e. The number of anilines is 1. The average molecular weight is 234 g/mol. The van der Waals surface area contributed by atoms with Gasteiger partial charge in [-0.15, -0.1) is 0 Å². The number of azide groups is 1. The number of nitrogen functional groups attached to an aromatic ring is 1. The molecule has 0 aromatic heterocycles. The van der Waals surface area contributed by atoms with Crippen LogP contribution in [-0.2, 0) is 0 Å². The quantitative estimate of drug-likeness (QED) is 0.264. The number of carboxylic acid groups (broad SMARTS) is 1. The molecule has 0 atom stereocenters. The first-order valence-electron chi connectivity index (χ1n) is 4.73. The summed E-state index contributed by atoms with van der Waals surface area (Å²) in [4.78, 5) is 24.8. The number of hydrogen-bond donors (Lipinski definition) is 2. The third-order valence-electron chi connectivity index (χ3n) is 2.11. The number of benzene rings is 1. The minimum Gasteiger partial charge on any atom is -0.478 e. The van der Waals surface area contributed by atoms with Gasteiger partial charge in [-0.3, -0.25) is 4.79 Å². The topological polar surface area (TPSA) is 129 Å². The third-order valence-corrected chi connectivity index (χ3v) is 2.11. The van der Waals surface area contributed by atoms with E-state index in [1.54, 1.807) is 0 Å². The lowest BCUT2D eigenvalue weighted by Gasteiger charge is -2.03. The van der Waals surface area contributed by atoms with Crippen LogP contribution in [0.2, 0.25) is 0 Å². The van der Waals surface area contributed by atoms with Crippen molar-refractivity contribution in [3.8, 4) is 0 Å². The standard InChI is InChI=1S/C10H10N4O3/c11-8-5-6(1-2-7(8)10(16)17)9(15)3-4-13-14-12/h1-2,5H,3-4,11H2,(H,16,17). The highest BCUT2D eigenvalue weighted by molar-refractivity contribution is 6.00. The molecule has 0 saturated heterocycles. The number of Topliss-reactive ketones (excluding diaryl/α,β-unsaturated/α-hetero) is 1. The smallest absolute Gasteiger partial charge is 0.337 e. The van der Waals surface area contributed by atoms with E-state index >= 15 is 0 Å². The Bertz CT molecular complexity index is 506. The second-order valence-corrected chi connectivity index (χ2v) is 3.23. The van der Waals surface area contributed by atoms with Crippen molar-refractivity contribution in [2.45, 2.75) is 6.42 Å². The first-order chi connectivity index (χ1) is 8.06. The number of aromatic carboxylic acids is 1. The summed E-state index contributed by atoms with van der Waals surface area (Å²) in [5, 5.41) is 12.0. The summed E-state index contributed by atoms with van der Waals surface area (Å²) < 4.78 is 0. The van der Waals surface area contributed by atoms with Gasteiger partial charge in [-0.25, -0.2) is 4.79 Å². The summed E-state index contributed by atoms with van der Waals surface area (Å²) in [5.41, 5.74) is 13.8. The Labute approximate surface area is 96.5 Å². The van der Waals surface area contributed by atoms with Gasteiger partial charge in [0.2, 0.25) is 0 Å². The van der Waals surface area contributed by atoms with Crippen molar-refractivity contribution in [3.05, 3.63) is 39.8 Å². The molecule has 1 rings (SSSR count). The lowest BCUT2D eigenvalue weighted by Crippen LogP contribution is -2.06. The van der Waals surface area contributed by atoms with Crippen molar-refractivity contribution < 1.29 is 14.7 Å². The number of nitrogens with two attached hydrogens (primary N) is 1. The van der Waals surface area contributed by atoms with E-state index in [4.69, 9.17) is 16.4 Å². The van der Waals surface area contributed by atoms with Gasteiger partial charge in [0.25, 0.3) is 0 Å². The minimum atomic E-state index is -1.14. The van der Waals surface area contributed by atoms with Crippen molar-refractivity contribution in [1.29, 1.82) is 0 Å². The molecule has 0 heterocycles. The van der Waals surface area contributed by atoms with Crippen molar-refractivity contribution in [2.75, 3.05) is 12.3 Å². The van der Waals surface area contributed by atoms with E-state index in [0.717, 1.165) is 0 Å². The van der Waals surface area contributed by atoms with E-state index < -0.39 is 5.97 Å². The fourth-order valence-corrected chi connectivity index (χ4v) is 1.27. The second kappa shape index (κ2) is 5.53. The maximum Gasteiger partial charge on any atom is 0.337 e. The zero-order valence-electron chi connectivity index (χ0n) is 8.83. The molecule has 1 aromatic carbocycles. The molecule has 0 aliphatic heterocycles. The van der Waals surface area contributed by atoms with Gasteiger partial charge in [-0.1, -0.05) is 11.2 Å². The van der Waals surface area contributed by atoms with Gasteiger partial charge < -0.3 is 10.8 Å². The van der Waals surface area contributed by atoms with Crippen LogP contribution in [0.4, 0.5) is 5.69 Å². The van der Waals surface area contributed by atoms with Crippen molar-refractivity contribution in [3.63, 3.8) is 0 Å². The fourth-order valence-electron chi connectivity index (χ4n) is 1.27. The van der Waals surface area contributed by atoms with Crippen LogP contribution >= 0.6 is 0 Å². The number of ketones is 1. The Morgan fingerprint density at radius 1 is 1.47 bits per heavy atom. The molecule has 88 valence electrons. The summed E-state index contributed by atoms with van der Waals surface area (Å²) in [6.45, 7) is 0.0654. The Hall–Kier alpha value is -2.53. The molecule has 7 nitrogen and oxygen atoms in total. The summed E-state index contributed by atoms with van der Waals surface area (Å²) in [7, 11) is 0. The van der Waals surface area contributed by atoms with Crippen LogP contribution in [0.25, 0.3) is 10.4 Å². The van der Waals surface area contributed by atoms with Crippen LogP contribution in [0.5, 0.6) is 0 Å². The van der Waals surface area contributed by atoms with Crippen LogP contribution in [0.3, 0.4) is 0 Å². The Kier molecular flexibility index (Phi) is 4.08. The van der Waals surface area contributed by atoms with Gasteiger partial charge in [0.05, 0.1) is 5.56 Å². The number of rotatable bonds is 5. The molecule has 0 unspecified atom stereocenters. The zero-order valence-corrected chi connectivity index (χ0v) is 8.83. The highest BCUT2D eigenvalue weighted by atomic mass is 16.4. The van der Waals surface area contributed by atoms with E-state index in [2.05, 4.69) is 10.0 Å². The number of carboxylic acids is 1. The lowest BCUT2D eigenvalue weighted by molar-refractivity contribution is 0.0697. The van der Waals surface area contributed by atoms with Crippen molar-refractivity contribution in [2.24, 2.45) is 5.11 Å². The molecule has 0 amide bonds. The fraction of sp³-hybridized carbons (Fsp3) is 0.200. The van der Waals surface area contributed by atoms with E-state index in [0.29, 0.717) is 5.56 Å². The predicted molar refractivity (Wildman–Crippen MR) is 60.8 cm³/mol.